The molecule has 0 radical (unpaired) electrons. The Balaban J connectivity index is 1.52. The first kappa shape index (κ1) is 17.4. The Labute approximate surface area is 144 Å². The summed E-state index contributed by atoms with van der Waals surface area (Å²) in [6.45, 7) is 6.74. The average molecular weight is 331 g/mol. The van der Waals surface area contributed by atoms with Crippen molar-refractivity contribution in [2.75, 3.05) is 32.8 Å². The molecule has 1 aromatic rings. The second-order valence-corrected chi connectivity index (χ2v) is 7.10. The quantitative estimate of drug-likeness (QED) is 0.908. The van der Waals surface area contributed by atoms with Crippen molar-refractivity contribution in [3.05, 3.63) is 35.9 Å². The van der Waals surface area contributed by atoms with Gasteiger partial charge in [0.2, 0.25) is 0 Å². The van der Waals surface area contributed by atoms with Gasteiger partial charge in [-0.15, -0.1) is 0 Å². The van der Waals surface area contributed by atoms with Gasteiger partial charge in [-0.25, -0.2) is 0 Å². The maximum absolute atomic E-state index is 12.8. The van der Waals surface area contributed by atoms with Crippen LogP contribution >= 0.6 is 0 Å². The van der Waals surface area contributed by atoms with E-state index in [1.807, 2.05) is 11.0 Å². The van der Waals surface area contributed by atoms with Gasteiger partial charge in [-0.2, -0.15) is 0 Å². The summed E-state index contributed by atoms with van der Waals surface area (Å²) in [6.07, 6.45) is 1.68. The molecule has 0 saturated carbocycles. The maximum atomic E-state index is 12.8. The van der Waals surface area contributed by atoms with E-state index < -0.39 is 0 Å². The van der Waals surface area contributed by atoms with Crippen LogP contribution in [0.15, 0.2) is 30.3 Å². The number of amides is 1. The van der Waals surface area contributed by atoms with Crippen LogP contribution in [0.3, 0.4) is 0 Å². The zero-order valence-corrected chi connectivity index (χ0v) is 14.6. The van der Waals surface area contributed by atoms with Gasteiger partial charge < -0.3 is 15.4 Å². The number of morpholine rings is 1. The van der Waals surface area contributed by atoms with E-state index in [9.17, 15) is 4.79 Å². The third-order valence-electron chi connectivity index (χ3n) is 5.27. The predicted molar refractivity (Wildman–Crippen MR) is 94.4 cm³/mol. The van der Waals surface area contributed by atoms with E-state index in [-0.39, 0.29) is 18.1 Å². The van der Waals surface area contributed by atoms with Gasteiger partial charge in [0.15, 0.2) is 0 Å². The second-order valence-electron chi connectivity index (χ2n) is 7.10. The van der Waals surface area contributed by atoms with Gasteiger partial charge in [-0.1, -0.05) is 30.3 Å². The summed E-state index contributed by atoms with van der Waals surface area (Å²) in [5.41, 5.74) is 7.27. The lowest BCUT2D eigenvalue weighted by Crippen LogP contribution is -2.53. The van der Waals surface area contributed by atoms with Gasteiger partial charge in [-0.3, -0.25) is 9.69 Å². The standard InChI is InChI=1S/C19H29N3O2/c1-15(20)17-7-9-22(10-8-17)19(23)18-14-21(11-12-24-18)13-16-5-3-2-4-6-16/h2-6,15,17-18H,7-14,20H2,1H3. The minimum absolute atomic E-state index is 0.149. The molecular weight excluding hydrogens is 302 g/mol. The molecule has 1 aromatic carbocycles. The number of benzene rings is 1. The summed E-state index contributed by atoms with van der Waals surface area (Å²) in [4.78, 5) is 17.1. The van der Waals surface area contributed by atoms with Crippen LogP contribution in [0.4, 0.5) is 0 Å². The van der Waals surface area contributed by atoms with Crippen LogP contribution in [0.5, 0.6) is 0 Å². The van der Waals surface area contributed by atoms with E-state index in [1.54, 1.807) is 0 Å². The van der Waals surface area contributed by atoms with Crippen molar-refractivity contribution >= 4 is 5.91 Å². The minimum Gasteiger partial charge on any atom is -0.366 e. The van der Waals surface area contributed by atoms with Gasteiger partial charge in [0, 0.05) is 38.8 Å². The van der Waals surface area contributed by atoms with Crippen LogP contribution in [-0.4, -0.2) is 60.6 Å². The summed E-state index contributed by atoms with van der Waals surface area (Å²) in [5, 5.41) is 0. The fourth-order valence-corrected chi connectivity index (χ4v) is 3.69. The molecule has 24 heavy (non-hydrogen) atoms. The first-order valence-corrected chi connectivity index (χ1v) is 9.05. The van der Waals surface area contributed by atoms with Crippen LogP contribution in [-0.2, 0) is 16.1 Å². The van der Waals surface area contributed by atoms with Gasteiger partial charge in [0.05, 0.1) is 6.61 Å². The number of hydrogen-bond acceptors (Lipinski definition) is 4. The van der Waals surface area contributed by atoms with E-state index in [0.717, 1.165) is 39.0 Å². The first-order chi connectivity index (χ1) is 11.6. The monoisotopic (exact) mass is 331 g/mol. The van der Waals surface area contributed by atoms with Crippen molar-refractivity contribution in [2.45, 2.75) is 38.5 Å². The van der Waals surface area contributed by atoms with Crippen molar-refractivity contribution in [3.8, 4) is 0 Å². The van der Waals surface area contributed by atoms with Crippen molar-refractivity contribution < 1.29 is 9.53 Å². The summed E-state index contributed by atoms with van der Waals surface area (Å²) >= 11 is 0. The van der Waals surface area contributed by atoms with E-state index in [1.165, 1.54) is 5.56 Å². The Kier molecular flexibility index (Phi) is 5.87. The smallest absolute Gasteiger partial charge is 0.253 e. The highest BCUT2D eigenvalue weighted by Gasteiger charge is 2.32. The third kappa shape index (κ3) is 4.35. The number of rotatable bonds is 4. The molecule has 2 aliphatic rings. The predicted octanol–water partition coefficient (Wildman–Crippen LogP) is 1.47. The van der Waals surface area contributed by atoms with Crippen molar-refractivity contribution in [3.63, 3.8) is 0 Å². The molecule has 2 atom stereocenters. The fourth-order valence-electron chi connectivity index (χ4n) is 3.69. The average Bonchev–Trinajstić information content (AvgIpc) is 2.62. The maximum Gasteiger partial charge on any atom is 0.253 e. The van der Waals surface area contributed by atoms with Crippen LogP contribution < -0.4 is 5.73 Å². The SMILES string of the molecule is CC(N)C1CCN(C(=O)C2CN(Cc3ccccc3)CCO2)CC1. The molecule has 0 aromatic heterocycles. The van der Waals surface area contributed by atoms with Gasteiger partial charge in [0.25, 0.3) is 5.91 Å². The van der Waals surface area contributed by atoms with Crippen molar-refractivity contribution in [1.29, 1.82) is 0 Å². The molecule has 2 fully saturated rings. The molecule has 5 nitrogen and oxygen atoms in total. The topological polar surface area (TPSA) is 58.8 Å². The first-order valence-electron chi connectivity index (χ1n) is 9.05. The summed E-state index contributed by atoms with van der Waals surface area (Å²) < 4.78 is 5.78. The number of nitrogens with two attached hydrogens (primary N) is 1. The van der Waals surface area contributed by atoms with Gasteiger partial charge in [-0.05, 0) is 31.2 Å². The number of carbonyl (C=O) groups is 1. The number of carbonyl (C=O) groups excluding carboxylic acids is 1. The highest BCUT2D eigenvalue weighted by atomic mass is 16.5. The number of likely N-dealkylation sites (tertiary alicyclic amines) is 1. The summed E-state index contributed by atoms with van der Waals surface area (Å²) in [7, 11) is 0. The van der Waals surface area contributed by atoms with Crippen LogP contribution in [0, 0.1) is 5.92 Å². The molecule has 2 saturated heterocycles. The Morgan fingerprint density at radius 3 is 2.62 bits per heavy atom. The molecule has 2 heterocycles. The normalized spacial score (nSPS) is 24.8. The number of nitrogens with zero attached hydrogens (tertiary/aromatic N) is 2. The molecule has 1 amide bonds. The lowest BCUT2D eigenvalue weighted by Gasteiger charge is -2.38. The molecule has 132 valence electrons. The number of piperidine rings is 1. The highest BCUT2D eigenvalue weighted by Crippen LogP contribution is 2.21. The molecule has 0 aliphatic carbocycles. The zero-order valence-electron chi connectivity index (χ0n) is 14.6. The summed E-state index contributed by atoms with van der Waals surface area (Å²) in [5.74, 6) is 0.687. The molecule has 2 aliphatic heterocycles. The highest BCUT2D eigenvalue weighted by molar-refractivity contribution is 5.81. The lowest BCUT2D eigenvalue weighted by atomic mass is 9.91. The molecular formula is C19H29N3O2. The summed E-state index contributed by atoms with van der Waals surface area (Å²) in [6, 6.07) is 10.6. The van der Waals surface area contributed by atoms with Crippen LogP contribution in [0.2, 0.25) is 0 Å². The molecule has 2 N–H and O–H groups in total. The van der Waals surface area contributed by atoms with Crippen LogP contribution in [0.1, 0.15) is 25.3 Å². The van der Waals surface area contributed by atoms with Crippen molar-refractivity contribution in [2.24, 2.45) is 11.7 Å². The molecule has 3 rings (SSSR count). The third-order valence-corrected chi connectivity index (χ3v) is 5.27. The van der Waals surface area contributed by atoms with Crippen molar-refractivity contribution in [1.82, 2.24) is 9.80 Å². The van der Waals surface area contributed by atoms with Gasteiger partial charge in [0.1, 0.15) is 6.10 Å². The molecule has 5 heteroatoms. The molecule has 0 spiro atoms. The zero-order chi connectivity index (χ0) is 16.9. The van der Waals surface area contributed by atoms with E-state index >= 15 is 0 Å². The Hall–Kier alpha value is -1.43. The van der Waals surface area contributed by atoms with E-state index in [4.69, 9.17) is 10.5 Å². The molecule has 0 bridgehead atoms. The molecule has 2 unspecified atom stereocenters. The van der Waals surface area contributed by atoms with E-state index in [0.29, 0.717) is 19.1 Å². The Morgan fingerprint density at radius 1 is 1.25 bits per heavy atom. The Morgan fingerprint density at radius 2 is 1.96 bits per heavy atom. The largest absolute Gasteiger partial charge is 0.366 e. The lowest BCUT2D eigenvalue weighted by molar-refractivity contribution is -0.151. The number of hydrogen-bond donors (Lipinski definition) is 1. The fraction of sp³-hybridized carbons (Fsp3) is 0.632. The van der Waals surface area contributed by atoms with E-state index in [2.05, 4.69) is 36.1 Å². The Bertz CT molecular complexity index is 527. The second kappa shape index (κ2) is 8.10. The number of ether oxygens (including phenoxy) is 1. The van der Waals surface area contributed by atoms with Crippen LogP contribution in [0.25, 0.3) is 0 Å². The minimum atomic E-state index is -0.325. The van der Waals surface area contributed by atoms with Gasteiger partial charge >= 0.3 is 0 Å².